The summed E-state index contributed by atoms with van der Waals surface area (Å²) in [7, 11) is 0. The molecule has 1 aromatic carbocycles. The van der Waals surface area contributed by atoms with Crippen LogP contribution in [-0.2, 0) is 16.6 Å². The van der Waals surface area contributed by atoms with Crippen molar-refractivity contribution in [2.24, 2.45) is 0 Å². The Bertz CT molecular complexity index is 424. The van der Waals surface area contributed by atoms with Gasteiger partial charge in [-0.1, -0.05) is 26.0 Å². The zero-order chi connectivity index (χ0) is 11.8. The molecule has 0 unspecified atom stereocenters. The van der Waals surface area contributed by atoms with Crippen molar-refractivity contribution in [2.45, 2.75) is 37.0 Å². The number of benzene rings is 1. The van der Waals surface area contributed by atoms with Gasteiger partial charge >= 0.3 is 5.97 Å². The lowest BCUT2D eigenvalue weighted by molar-refractivity contribution is -0.138. The van der Waals surface area contributed by atoms with Gasteiger partial charge in [-0.25, -0.2) is 0 Å². The second-order valence-corrected chi connectivity index (χ2v) is 6.01. The van der Waals surface area contributed by atoms with Crippen LogP contribution in [0.2, 0.25) is 0 Å². The first-order chi connectivity index (χ1) is 7.49. The van der Waals surface area contributed by atoms with E-state index in [0.717, 1.165) is 17.7 Å². The molecule has 0 saturated carbocycles. The number of hydrogen-bond donors (Lipinski definition) is 1. The smallest absolute Gasteiger partial charge is 0.304 e. The number of carbonyl (C=O) groups is 1. The van der Waals surface area contributed by atoms with Gasteiger partial charge in [-0.3, -0.25) is 4.79 Å². The first kappa shape index (κ1) is 11.5. The van der Waals surface area contributed by atoms with Crippen molar-refractivity contribution in [2.75, 3.05) is 5.75 Å². The lowest BCUT2D eigenvalue weighted by Crippen LogP contribution is -2.21. The van der Waals surface area contributed by atoms with Crippen LogP contribution >= 0.6 is 11.8 Å². The molecule has 2 nitrogen and oxygen atoms in total. The van der Waals surface area contributed by atoms with Crippen LogP contribution in [0.3, 0.4) is 0 Å². The fraction of sp³-hybridized carbons (Fsp3) is 0.462. The van der Waals surface area contributed by atoms with Gasteiger partial charge in [0.25, 0.3) is 0 Å². The summed E-state index contributed by atoms with van der Waals surface area (Å²) in [5.41, 5.74) is 2.24. The summed E-state index contributed by atoms with van der Waals surface area (Å²) in [6, 6.07) is 6.39. The Hall–Kier alpha value is -0.960. The van der Waals surface area contributed by atoms with Crippen molar-refractivity contribution in [1.29, 1.82) is 0 Å². The number of hydrogen-bond acceptors (Lipinski definition) is 2. The van der Waals surface area contributed by atoms with Gasteiger partial charge in [-0.15, -0.1) is 11.8 Å². The van der Waals surface area contributed by atoms with Crippen LogP contribution in [0.5, 0.6) is 0 Å². The molecule has 86 valence electrons. The zero-order valence-electron chi connectivity index (χ0n) is 9.62. The molecule has 0 fully saturated rings. The van der Waals surface area contributed by atoms with E-state index >= 15 is 0 Å². The normalized spacial score (nSPS) is 14.9. The highest BCUT2D eigenvalue weighted by Crippen LogP contribution is 2.36. The maximum absolute atomic E-state index is 10.8. The number of aryl methyl sites for hydroxylation is 1. The van der Waals surface area contributed by atoms with Gasteiger partial charge < -0.3 is 5.11 Å². The molecule has 0 aromatic heterocycles. The summed E-state index contributed by atoms with van der Waals surface area (Å²) < 4.78 is 0. The van der Waals surface area contributed by atoms with E-state index in [1.54, 1.807) is 0 Å². The molecule has 0 aliphatic carbocycles. The number of carboxylic acids is 1. The van der Waals surface area contributed by atoms with Gasteiger partial charge in [0.15, 0.2) is 0 Å². The summed E-state index contributed by atoms with van der Waals surface area (Å²) in [6.07, 6.45) is 1.32. The Labute approximate surface area is 100 Å². The summed E-state index contributed by atoms with van der Waals surface area (Å²) in [6.45, 7) is 3.98. The molecule has 1 aliphatic rings. The van der Waals surface area contributed by atoms with Gasteiger partial charge in [-0.2, -0.15) is 0 Å². The van der Waals surface area contributed by atoms with Crippen LogP contribution < -0.4 is 0 Å². The standard InChI is InChI=1S/C13H16O2S/c1-13(2,8-12(14)15)10-4-3-9-5-6-16-11(9)7-10/h3-4,7H,5-6,8H2,1-2H3,(H,14,15). The van der Waals surface area contributed by atoms with Crippen molar-refractivity contribution in [3.8, 4) is 0 Å². The zero-order valence-corrected chi connectivity index (χ0v) is 10.4. The van der Waals surface area contributed by atoms with Gasteiger partial charge in [0.05, 0.1) is 6.42 Å². The summed E-state index contributed by atoms with van der Waals surface area (Å²) in [5, 5.41) is 8.90. The SMILES string of the molecule is CC(C)(CC(=O)O)c1ccc2c(c1)SCC2. The lowest BCUT2D eigenvalue weighted by atomic mass is 9.81. The highest BCUT2D eigenvalue weighted by atomic mass is 32.2. The minimum absolute atomic E-state index is 0.177. The predicted molar refractivity (Wildman–Crippen MR) is 66.1 cm³/mol. The molecule has 1 aliphatic heterocycles. The molecule has 1 aromatic rings. The molecule has 3 heteroatoms. The van der Waals surface area contributed by atoms with Crippen molar-refractivity contribution in [3.63, 3.8) is 0 Å². The van der Waals surface area contributed by atoms with Crippen LogP contribution in [0.15, 0.2) is 23.1 Å². The quantitative estimate of drug-likeness (QED) is 0.876. The molecule has 0 atom stereocenters. The van der Waals surface area contributed by atoms with Gasteiger partial charge in [-0.05, 0) is 23.6 Å². The molecule has 2 rings (SSSR count). The van der Waals surface area contributed by atoms with Crippen LogP contribution in [-0.4, -0.2) is 16.8 Å². The van der Waals surface area contributed by atoms with Gasteiger partial charge in [0.1, 0.15) is 0 Å². The highest BCUT2D eigenvalue weighted by molar-refractivity contribution is 7.99. The van der Waals surface area contributed by atoms with Crippen molar-refractivity contribution >= 4 is 17.7 Å². The maximum Gasteiger partial charge on any atom is 0.304 e. The van der Waals surface area contributed by atoms with E-state index in [1.165, 1.54) is 10.5 Å². The number of carboxylic acid groups (broad SMARTS) is 1. The predicted octanol–water partition coefficient (Wildman–Crippen LogP) is 3.09. The minimum atomic E-state index is -0.738. The Morgan fingerprint density at radius 2 is 2.25 bits per heavy atom. The first-order valence-electron chi connectivity index (χ1n) is 5.47. The number of aliphatic carboxylic acids is 1. The van der Waals surface area contributed by atoms with E-state index in [1.807, 2.05) is 25.6 Å². The number of rotatable bonds is 3. The van der Waals surface area contributed by atoms with E-state index in [4.69, 9.17) is 5.11 Å². The Kier molecular flexibility index (Phi) is 2.98. The summed E-state index contributed by atoms with van der Waals surface area (Å²) >= 11 is 1.87. The van der Waals surface area contributed by atoms with E-state index < -0.39 is 5.97 Å². The molecule has 16 heavy (non-hydrogen) atoms. The third-order valence-electron chi connectivity index (χ3n) is 3.07. The topological polar surface area (TPSA) is 37.3 Å². The minimum Gasteiger partial charge on any atom is -0.481 e. The van der Waals surface area contributed by atoms with E-state index in [0.29, 0.717) is 0 Å². The summed E-state index contributed by atoms with van der Waals surface area (Å²) in [4.78, 5) is 12.1. The van der Waals surface area contributed by atoms with Crippen LogP contribution in [0.1, 0.15) is 31.4 Å². The van der Waals surface area contributed by atoms with Gasteiger partial charge in [0.2, 0.25) is 0 Å². The second kappa shape index (κ2) is 4.13. The molecule has 0 saturated heterocycles. The maximum atomic E-state index is 10.8. The molecular weight excluding hydrogens is 220 g/mol. The largest absolute Gasteiger partial charge is 0.481 e. The Morgan fingerprint density at radius 1 is 1.50 bits per heavy atom. The number of thioether (sulfide) groups is 1. The molecule has 0 amide bonds. The fourth-order valence-corrected chi connectivity index (χ4v) is 3.18. The average molecular weight is 236 g/mol. The van der Waals surface area contributed by atoms with Crippen molar-refractivity contribution in [1.82, 2.24) is 0 Å². The van der Waals surface area contributed by atoms with Crippen LogP contribution in [0.25, 0.3) is 0 Å². The van der Waals surface area contributed by atoms with Crippen molar-refractivity contribution in [3.05, 3.63) is 29.3 Å². The molecule has 1 N–H and O–H groups in total. The van der Waals surface area contributed by atoms with Crippen molar-refractivity contribution < 1.29 is 9.90 Å². The molecule has 0 spiro atoms. The third-order valence-corrected chi connectivity index (χ3v) is 4.17. The summed E-state index contributed by atoms with van der Waals surface area (Å²) in [5.74, 6) is 0.413. The number of fused-ring (bicyclic) bond motifs is 1. The fourth-order valence-electron chi connectivity index (χ4n) is 2.07. The van der Waals surface area contributed by atoms with Gasteiger partial charge in [0, 0.05) is 16.1 Å². The first-order valence-corrected chi connectivity index (χ1v) is 6.45. The lowest BCUT2D eigenvalue weighted by Gasteiger charge is -2.23. The highest BCUT2D eigenvalue weighted by Gasteiger charge is 2.25. The van der Waals surface area contributed by atoms with E-state index in [2.05, 4.69) is 18.2 Å². The molecule has 1 heterocycles. The third kappa shape index (κ3) is 2.24. The van der Waals surface area contributed by atoms with E-state index in [9.17, 15) is 4.79 Å². The molecular formula is C13H16O2S. The second-order valence-electron chi connectivity index (χ2n) is 4.88. The van der Waals surface area contributed by atoms with Crippen LogP contribution in [0.4, 0.5) is 0 Å². The molecule has 0 radical (unpaired) electrons. The molecule has 0 bridgehead atoms. The Balaban J connectivity index is 2.30. The Morgan fingerprint density at radius 3 is 2.94 bits per heavy atom. The average Bonchev–Trinajstić information content (AvgIpc) is 2.61. The van der Waals surface area contributed by atoms with E-state index in [-0.39, 0.29) is 11.8 Å². The monoisotopic (exact) mass is 236 g/mol. The van der Waals surface area contributed by atoms with Crippen LogP contribution in [0, 0.1) is 0 Å².